The van der Waals surface area contributed by atoms with Gasteiger partial charge in [0, 0.05) is 25.0 Å². The van der Waals surface area contributed by atoms with Gasteiger partial charge in [0.05, 0.1) is 0 Å². The minimum absolute atomic E-state index is 0.437. The summed E-state index contributed by atoms with van der Waals surface area (Å²) in [4.78, 5) is 9.45. The molecule has 1 heterocycles. The summed E-state index contributed by atoms with van der Waals surface area (Å²) in [6.45, 7) is 2.49. The number of hydrogen-bond acceptors (Lipinski definition) is 4. The van der Waals surface area contributed by atoms with Crippen LogP contribution in [0.1, 0.15) is 22.5 Å². The second-order valence-corrected chi connectivity index (χ2v) is 5.74. The summed E-state index contributed by atoms with van der Waals surface area (Å²) >= 11 is 0. The molecule has 0 saturated heterocycles. The normalized spacial score (nSPS) is 11.4. The van der Waals surface area contributed by atoms with E-state index in [9.17, 15) is 0 Å². The molecular formula is C20H21N3O2. The maximum Gasteiger partial charge on any atom is 0.162 e. The Labute approximate surface area is 147 Å². The van der Waals surface area contributed by atoms with Crippen molar-refractivity contribution in [2.75, 3.05) is 7.11 Å². The van der Waals surface area contributed by atoms with E-state index in [1.807, 2.05) is 66.3 Å². The molecule has 0 fully saturated rings. The maximum absolute atomic E-state index is 5.94. The fourth-order valence-corrected chi connectivity index (χ4v) is 2.57. The number of oxime groups is 1. The number of rotatable bonds is 6. The van der Waals surface area contributed by atoms with Crippen LogP contribution in [-0.2, 0) is 18.5 Å². The van der Waals surface area contributed by atoms with Crippen molar-refractivity contribution in [3.8, 4) is 5.75 Å². The van der Waals surface area contributed by atoms with Crippen LogP contribution in [0.3, 0.4) is 0 Å². The minimum atomic E-state index is 0.437. The fourth-order valence-electron chi connectivity index (χ4n) is 2.57. The van der Waals surface area contributed by atoms with Gasteiger partial charge in [0.25, 0.3) is 0 Å². The monoisotopic (exact) mass is 335 g/mol. The molecule has 5 heteroatoms. The van der Waals surface area contributed by atoms with E-state index in [1.165, 1.54) is 12.7 Å². The lowest BCUT2D eigenvalue weighted by atomic mass is 10.0. The molecule has 3 aromatic rings. The van der Waals surface area contributed by atoms with Gasteiger partial charge in [-0.05, 0) is 24.6 Å². The van der Waals surface area contributed by atoms with E-state index in [0.29, 0.717) is 12.3 Å². The largest absolute Gasteiger partial charge is 0.489 e. The van der Waals surface area contributed by atoms with Crippen LogP contribution in [0.5, 0.6) is 5.75 Å². The number of aromatic nitrogens is 2. The van der Waals surface area contributed by atoms with Crippen LogP contribution in [0.2, 0.25) is 0 Å². The quantitative estimate of drug-likeness (QED) is 0.510. The third-order valence-electron chi connectivity index (χ3n) is 3.90. The van der Waals surface area contributed by atoms with Crippen LogP contribution in [0.25, 0.3) is 0 Å². The Kier molecular flexibility index (Phi) is 5.14. The molecule has 1 aromatic heterocycles. The Morgan fingerprint density at radius 1 is 1.12 bits per heavy atom. The summed E-state index contributed by atoms with van der Waals surface area (Å²) in [5, 5.41) is 4.20. The lowest BCUT2D eigenvalue weighted by Crippen LogP contribution is -2.14. The van der Waals surface area contributed by atoms with E-state index in [0.717, 1.165) is 22.7 Å². The third-order valence-corrected chi connectivity index (χ3v) is 3.90. The van der Waals surface area contributed by atoms with E-state index in [2.05, 4.69) is 17.1 Å². The van der Waals surface area contributed by atoms with Crippen molar-refractivity contribution in [2.45, 2.75) is 13.5 Å². The van der Waals surface area contributed by atoms with E-state index in [1.54, 1.807) is 6.20 Å². The van der Waals surface area contributed by atoms with Crippen molar-refractivity contribution >= 4 is 5.71 Å². The Hall–Kier alpha value is -3.08. The van der Waals surface area contributed by atoms with Crippen molar-refractivity contribution in [2.24, 2.45) is 12.2 Å². The van der Waals surface area contributed by atoms with Crippen LogP contribution in [0.15, 0.2) is 66.1 Å². The van der Waals surface area contributed by atoms with Gasteiger partial charge in [-0.25, -0.2) is 4.98 Å². The fraction of sp³-hybridized carbons (Fsp3) is 0.200. The molecule has 0 spiro atoms. The molecule has 0 radical (unpaired) electrons. The molecule has 0 aliphatic heterocycles. The first-order valence-corrected chi connectivity index (χ1v) is 8.05. The molecular weight excluding hydrogens is 314 g/mol. The van der Waals surface area contributed by atoms with Gasteiger partial charge in [0.1, 0.15) is 19.5 Å². The van der Waals surface area contributed by atoms with E-state index >= 15 is 0 Å². The summed E-state index contributed by atoms with van der Waals surface area (Å²) < 4.78 is 7.85. The molecule has 0 bridgehead atoms. The van der Waals surface area contributed by atoms with Crippen molar-refractivity contribution in [3.05, 3.63) is 83.4 Å². The van der Waals surface area contributed by atoms with Gasteiger partial charge < -0.3 is 14.1 Å². The molecule has 0 aliphatic rings. The number of benzene rings is 2. The standard InChI is InChI=1S/C20H21N3O2/c1-15-8-10-17(11-9-15)25-14-16-6-4-5-7-18(16)19(22-24-3)20-21-12-13-23(20)2/h4-13H,14H2,1-3H3/b22-19-. The minimum Gasteiger partial charge on any atom is -0.489 e. The van der Waals surface area contributed by atoms with E-state index in [-0.39, 0.29) is 0 Å². The van der Waals surface area contributed by atoms with Crippen LogP contribution in [0, 0.1) is 6.92 Å². The zero-order chi connectivity index (χ0) is 17.6. The first kappa shape index (κ1) is 16.8. The summed E-state index contributed by atoms with van der Waals surface area (Å²) in [6.07, 6.45) is 3.62. The van der Waals surface area contributed by atoms with Gasteiger partial charge >= 0.3 is 0 Å². The third kappa shape index (κ3) is 3.88. The molecule has 3 rings (SSSR count). The van der Waals surface area contributed by atoms with Gasteiger partial charge in [-0.15, -0.1) is 0 Å². The van der Waals surface area contributed by atoms with E-state index in [4.69, 9.17) is 9.57 Å². The molecule has 25 heavy (non-hydrogen) atoms. The van der Waals surface area contributed by atoms with Crippen LogP contribution < -0.4 is 4.74 Å². The zero-order valence-electron chi connectivity index (χ0n) is 14.6. The highest BCUT2D eigenvalue weighted by molar-refractivity contribution is 6.11. The van der Waals surface area contributed by atoms with E-state index < -0.39 is 0 Å². The van der Waals surface area contributed by atoms with Crippen LogP contribution in [0.4, 0.5) is 0 Å². The smallest absolute Gasteiger partial charge is 0.162 e. The van der Waals surface area contributed by atoms with Gasteiger partial charge in [-0.2, -0.15) is 0 Å². The first-order chi connectivity index (χ1) is 12.2. The molecule has 128 valence electrons. The predicted octanol–water partition coefficient (Wildman–Crippen LogP) is 3.71. The van der Waals surface area contributed by atoms with Crippen LogP contribution in [-0.4, -0.2) is 22.4 Å². The predicted molar refractivity (Wildman–Crippen MR) is 97.8 cm³/mol. The molecule has 2 aromatic carbocycles. The van der Waals surface area contributed by atoms with Crippen LogP contribution >= 0.6 is 0 Å². The average molecular weight is 335 g/mol. The second-order valence-electron chi connectivity index (χ2n) is 5.74. The Balaban J connectivity index is 1.90. The van der Waals surface area contributed by atoms with Gasteiger partial charge in [0.2, 0.25) is 0 Å². The number of hydrogen-bond donors (Lipinski definition) is 0. The zero-order valence-corrected chi connectivity index (χ0v) is 14.6. The number of aryl methyl sites for hydroxylation is 2. The highest BCUT2D eigenvalue weighted by atomic mass is 16.6. The molecule has 0 amide bonds. The second kappa shape index (κ2) is 7.66. The van der Waals surface area contributed by atoms with Crippen molar-refractivity contribution in [1.82, 2.24) is 9.55 Å². The molecule has 0 N–H and O–H groups in total. The number of nitrogens with zero attached hydrogens (tertiary/aromatic N) is 3. The van der Waals surface area contributed by atoms with Gasteiger partial charge in [-0.3, -0.25) is 0 Å². The molecule has 0 saturated carbocycles. The molecule has 5 nitrogen and oxygen atoms in total. The number of ether oxygens (including phenoxy) is 1. The van der Waals surface area contributed by atoms with Gasteiger partial charge in [-0.1, -0.05) is 47.1 Å². The Morgan fingerprint density at radius 2 is 1.88 bits per heavy atom. The summed E-state index contributed by atoms with van der Waals surface area (Å²) in [5.41, 5.74) is 3.84. The Bertz CT molecular complexity index is 867. The number of imidazole rings is 1. The summed E-state index contributed by atoms with van der Waals surface area (Å²) in [7, 11) is 3.47. The first-order valence-electron chi connectivity index (χ1n) is 8.05. The molecule has 0 aliphatic carbocycles. The summed E-state index contributed by atoms with van der Waals surface area (Å²) in [5.74, 6) is 1.58. The average Bonchev–Trinajstić information content (AvgIpc) is 3.05. The Morgan fingerprint density at radius 3 is 2.56 bits per heavy atom. The van der Waals surface area contributed by atoms with Crippen molar-refractivity contribution in [1.29, 1.82) is 0 Å². The van der Waals surface area contributed by atoms with Crippen molar-refractivity contribution in [3.63, 3.8) is 0 Å². The topological polar surface area (TPSA) is 48.6 Å². The maximum atomic E-state index is 5.94. The molecule has 0 unspecified atom stereocenters. The van der Waals surface area contributed by atoms with Gasteiger partial charge in [0.15, 0.2) is 11.5 Å². The van der Waals surface area contributed by atoms with Crippen molar-refractivity contribution < 1.29 is 9.57 Å². The molecule has 0 atom stereocenters. The highest BCUT2D eigenvalue weighted by Crippen LogP contribution is 2.18. The lowest BCUT2D eigenvalue weighted by molar-refractivity contribution is 0.213. The SMILES string of the molecule is CO/N=C(/c1ccccc1COc1ccc(C)cc1)c1nccn1C. The summed E-state index contributed by atoms with van der Waals surface area (Å²) in [6, 6.07) is 16.0. The lowest BCUT2D eigenvalue weighted by Gasteiger charge is -2.13. The highest BCUT2D eigenvalue weighted by Gasteiger charge is 2.16.